The number of carbonyl (C=O) groups excluding carboxylic acids is 1. The number of rotatable bonds is 2. The van der Waals surface area contributed by atoms with Crippen molar-refractivity contribution in [3.8, 4) is 12.3 Å². The number of nitrogens with one attached hydrogen (secondary N) is 2. The van der Waals surface area contributed by atoms with Gasteiger partial charge in [0.1, 0.15) is 29.3 Å². The number of hydrogen-bond acceptors (Lipinski definition) is 10. The van der Waals surface area contributed by atoms with Crippen molar-refractivity contribution < 1.29 is 9.53 Å². The molecule has 1 aromatic carbocycles. The summed E-state index contributed by atoms with van der Waals surface area (Å²) in [6.07, 6.45) is 1.78. The maximum absolute atomic E-state index is 11.6. The Hall–Kier alpha value is -4.31. The van der Waals surface area contributed by atoms with Crippen LogP contribution in [-0.2, 0) is 4.74 Å². The highest BCUT2D eigenvalue weighted by Gasteiger charge is 2.29. The van der Waals surface area contributed by atoms with E-state index in [-0.39, 0.29) is 23.0 Å². The van der Waals surface area contributed by atoms with Gasteiger partial charge in [0.25, 0.3) is 0 Å². The molecule has 0 fully saturated rings. The highest BCUT2D eigenvalue weighted by molar-refractivity contribution is 5.98. The van der Waals surface area contributed by atoms with E-state index in [1.807, 2.05) is 6.07 Å². The zero-order chi connectivity index (χ0) is 19.6. The fourth-order valence-corrected chi connectivity index (χ4v) is 2.74. The quantitative estimate of drug-likeness (QED) is 0.342. The minimum absolute atomic E-state index is 0.0285. The number of aliphatic imine (C=N–C) groups is 1. The van der Waals surface area contributed by atoms with Gasteiger partial charge in [0.05, 0.1) is 18.4 Å². The van der Waals surface area contributed by atoms with Gasteiger partial charge in [-0.3, -0.25) is 5.32 Å². The van der Waals surface area contributed by atoms with Crippen LogP contribution in [0.4, 0.5) is 17.3 Å². The van der Waals surface area contributed by atoms with Gasteiger partial charge >= 0.3 is 5.97 Å². The molecule has 0 spiro atoms. The summed E-state index contributed by atoms with van der Waals surface area (Å²) < 4.78 is 4.69. The molecular formula is C17H14N8O2. The lowest BCUT2D eigenvalue weighted by atomic mass is 9.94. The van der Waals surface area contributed by atoms with Gasteiger partial charge in [-0.1, -0.05) is 12.1 Å². The first-order chi connectivity index (χ1) is 13.0. The van der Waals surface area contributed by atoms with Gasteiger partial charge in [-0.25, -0.2) is 14.8 Å². The molecule has 2 aromatic rings. The van der Waals surface area contributed by atoms with Crippen LogP contribution in [0.15, 0.2) is 29.3 Å². The fraction of sp³-hybridized carbons (Fsp3) is 0.118. The van der Waals surface area contributed by atoms with Crippen LogP contribution in [0.1, 0.15) is 33.1 Å². The molecule has 10 heteroatoms. The van der Waals surface area contributed by atoms with Crippen molar-refractivity contribution in [3.63, 3.8) is 0 Å². The molecule has 1 unspecified atom stereocenters. The van der Waals surface area contributed by atoms with E-state index in [1.54, 1.807) is 30.5 Å². The van der Waals surface area contributed by atoms with Crippen LogP contribution < -0.4 is 22.1 Å². The molecule has 6 N–H and O–H groups in total. The van der Waals surface area contributed by atoms with Crippen LogP contribution in [-0.4, -0.2) is 24.0 Å². The van der Waals surface area contributed by atoms with Crippen molar-refractivity contribution in [2.45, 2.75) is 6.04 Å². The Morgan fingerprint density at radius 3 is 2.59 bits per heavy atom. The largest absolute Gasteiger partial charge is 0.465 e. The number of ether oxygens (including phenoxy) is 1. The van der Waals surface area contributed by atoms with Crippen molar-refractivity contribution >= 4 is 29.3 Å². The van der Waals surface area contributed by atoms with Gasteiger partial charge in [0.15, 0.2) is 6.19 Å². The number of benzene rings is 1. The molecule has 134 valence electrons. The lowest BCUT2D eigenvalue weighted by Gasteiger charge is -2.26. The SMILES string of the molecule is COC(=O)c1ccc(C2N=C(NC#N)Nc3nc(N)c(C#N)c(N)c32)cc1. The van der Waals surface area contributed by atoms with Crippen molar-refractivity contribution in [3.05, 3.63) is 46.5 Å². The number of nitriles is 2. The van der Waals surface area contributed by atoms with Gasteiger partial charge in [0, 0.05) is 5.56 Å². The normalized spacial score (nSPS) is 14.6. The molecule has 1 atom stereocenters. The predicted octanol–water partition coefficient (Wildman–Crippen LogP) is 0.846. The van der Waals surface area contributed by atoms with Crippen LogP contribution in [0.5, 0.6) is 0 Å². The molecule has 10 nitrogen and oxygen atoms in total. The van der Waals surface area contributed by atoms with E-state index < -0.39 is 12.0 Å². The zero-order valence-corrected chi connectivity index (χ0v) is 14.1. The van der Waals surface area contributed by atoms with E-state index in [1.165, 1.54) is 7.11 Å². The molecule has 0 bridgehead atoms. The molecule has 1 aliphatic heterocycles. The summed E-state index contributed by atoms with van der Waals surface area (Å²) in [7, 11) is 1.30. The van der Waals surface area contributed by atoms with Gasteiger partial charge in [-0.05, 0) is 17.7 Å². The summed E-state index contributed by atoms with van der Waals surface area (Å²) in [4.78, 5) is 20.2. The van der Waals surface area contributed by atoms with E-state index in [0.29, 0.717) is 22.5 Å². The molecule has 27 heavy (non-hydrogen) atoms. The summed E-state index contributed by atoms with van der Waals surface area (Å²) >= 11 is 0. The standard InChI is InChI=1S/C17H14N8O2/c1-27-16(26)9-4-2-8(3-5-9)13-11-12(20)10(6-18)14(21)24-15(11)25-17(23-13)22-7-19/h2-5,13H,1H3,(H6,20,21,22,23,24,25). The molecule has 0 radical (unpaired) electrons. The van der Waals surface area contributed by atoms with E-state index in [4.69, 9.17) is 16.7 Å². The van der Waals surface area contributed by atoms with E-state index in [0.717, 1.165) is 0 Å². The minimum atomic E-state index is -0.663. The summed E-state index contributed by atoms with van der Waals surface area (Å²) in [6.45, 7) is 0. The molecule has 1 aromatic heterocycles. The topological polar surface area (TPSA) is 175 Å². The zero-order valence-electron chi connectivity index (χ0n) is 14.1. The summed E-state index contributed by atoms with van der Waals surface area (Å²) in [5.41, 5.74) is 13.6. The molecular weight excluding hydrogens is 348 g/mol. The van der Waals surface area contributed by atoms with Crippen molar-refractivity contribution in [2.75, 3.05) is 23.9 Å². The average molecular weight is 362 g/mol. The molecule has 0 saturated carbocycles. The number of nitrogens with zero attached hydrogens (tertiary/aromatic N) is 4. The summed E-state index contributed by atoms with van der Waals surface area (Å²) in [6, 6.07) is 7.81. The Balaban J connectivity index is 2.16. The van der Waals surface area contributed by atoms with Crippen LogP contribution >= 0.6 is 0 Å². The third kappa shape index (κ3) is 3.03. The first-order valence-electron chi connectivity index (χ1n) is 7.67. The summed E-state index contributed by atoms with van der Waals surface area (Å²) in [5, 5.41) is 23.4. The first kappa shape index (κ1) is 17.5. The number of hydrogen-bond donors (Lipinski definition) is 4. The second-order valence-electron chi connectivity index (χ2n) is 5.52. The highest BCUT2D eigenvalue weighted by atomic mass is 16.5. The third-order valence-electron chi connectivity index (χ3n) is 4.01. The maximum Gasteiger partial charge on any atom is 0.337 e. The number of anilines is 3. The third-order valence-corrected chi connectivity index (χ3v) is 4.01. The van der Waals surface area contributed by atoms with Crippen LogP contribution in [0.25, 0.3) is 0 Å². The van der Waals surface area contributed by atoms with Crippen molar-refractivity contribution in [1.29, 1.82) is 10.5 Å². The van der Waals surface area contributed by atoms with Crippen LogP contribution in [0, 0.1) is 22.8 Å². The first-order valence-corrected chi connectivity index (χ1v) is 7.67. The number of nitrogen functional groups attached to an aromatic ring is 2. The van der Waals surface area contributed by atoms with Gasteiger partial charge < -0.3 is 21.5 Å². The maximum atomic E-state index is 11.6. The number of esters is 1. The number of nitrogens with two attached hydrogens (primary N) is 2. The Morgan fingerprint density at radius 2 is 2.00 bits per heavy atom. The van der Waals surface area contributed by atoms with Crippen LogP contribution in [0.2, 0.25) is 0 Å². The number of carbonyl (C=O) groups is 1. The monoisotopic (exact) mass is 362 g/mol. The van der Waals surface area contributed by atoms with Crippen molar-refractivity contribution in [1.82, 2.24) is 10.3 Å². The Bertz CT molecular complexity index is 1030. The second kappa shape index (κ2) is 6.90. The number of fused-ring (bicyclic) bond motifs is 1. The van der Waals surface area contributed by atoms with Gasteiger partial charge in [-0.2, -0.15) is 10.5 Å². The molecule has 0 amide bonds. The lowest BCUT2D eigenvalue weighted by molar-refractivity contribution is 0.0600. The minimum Gasteiger partial charge on any atom is -0.465 e. The van der Waals surface area contributed by atoms with Crippen LogP contribution in [0.3, 0.4) is 0 Å². The van der Waals surface area contributed by atoms with Gasteiger partial charge in [-0.15, -0.1) is 0 Å². The molecule has 3 rings (SSSR count). The molecule has 0 aliphatic carbocycles. The smallest absolute Gasteiger partial charge is 0.337 e. The number of guanidine groups is 1. The number of methoxy groups -OCH3 is 1. The Morgan fingerprint density at radius 1 is 1.30 bits per heavy atom. The second-order valence-corrected chi connectivity index (χ2v) is 5.52. The lowest BCUT2D eigenvalue weighted by Crippen LogP contribution is -2.32. The Kier molecular flexibility index (Phi) is 4.47. The molecule has 0 saturated heterocycles. The predicted molar refractivity (Wildman–Crippen MR) is 97.2 cm³/mol. The molecule has 1 aliphatic rings. The van der Waals surface area contributed by atoms with Crippen molar-refractivity contribution in [2.24, 2.45) is 4.99 Å². The summed E-state index contributed by atoms with van der Waals surface area (Å²) in [5.74, 6) is -0.0515. The van der Waals surface area contributed by atoms with Gasteiger partial charge in [0.2, 0.25) is 5.96 Å². The Labute approximate surface area is 154 Å². The number of pyridine rings is 1. The van der Waals surface area contributed by atoms with E-state index in [9.17, 15) is 10.1 Å². The number of aromatic nitrogens is 1. The average Bonchev–Trinajstić information content (AvgIpc) is 2.67. The van der Waals surface area contributed by atoms with E-state index >= 15 is 0 Å². The van der Waals surface area contributed by atoms with E-state index in [2.05, 4.69) is 25.3 Å². The fourth-order valence-electron chi connectivity index (χ4n) is 2.74. The highest BCUT2D eigenvalue weighted by Crippen LogP contribution is 2.40. The molecule has 2 heterocycles.